The average Bonchev–Trinajstić information content (AvgIpc) is 2.43. The Labute approximate surface area is 114 Å². The summed E-state index contributed by atoms with van der Waals surface area (Å²) in [5.41, 5.74) is 3.17. The van der Waals surface area contributed by atoms with Crippen molar-refractivity contribution in [1.82, 2.24) is 0 Å². The molecule has 2 aromatic rings. The number of benzene rings is 2. The van der Waals surface area contributed by atoms with Gasteiger partial charge in [-0.25, -0.2) is 0 Å². The van der Waals surface area contributed by atoms with Crippen molar-refractivity contribution in [3.8, 4) is 11.5 Å². The monoisotopic (exact) mass is 256 g/mol. The first-order valence-electron chi connectivity index (χ1n) is 6.64. The minimum atomic E-state index is -0.485. The highest BCUT2D eigenvalue weighted by molar-refractivity contribution is 5.44. The normalized spacial score (nSPS) is 12.2. The zero-order chi connectivity index (χ0) is 13.8. The number of aryl methyl sites for hydroxylation is 1. The molecule has 0 bridgehead atoms. The van der Waals surface area contributed by atoms with Gasteiger partial charge in [0.05, 0.1) is 6.10 Å². The van der Waals surface area contributed by atoms with Crippen LogP contribution in [0.3, 0.4) is 0 Å². The molecule has 2 rings (SSSR count). The van der Waals surface area contributed by atoms with Crippen LogP contribution in [0.4, 0.5) is 0 Å². The molecule has 0 spiro atoms. The van der Waals surface area contributed by atoms with E-state index < -0.39 is 6.10 Å². The molecule has 1 unspecified atom stereocenters. The molecule has 19 heavy (non-hydrogen) atoms. The lowest BCUT2D eigenvalue weighted by Crippen LogP contribution is -1.99. The van der Waals surface area contributed by atoms with E-state index in [4.69, 9.17) is 4.74 Å². The Morgan fingerprint density at radius 2 is 1.68 bits per heavy atom. The number of para-hydroxylation sites is 1. The van der Waals surface area contributed by atoms with Crippen molar-refractivity contribution < 1.29 is 9.84 Å². The second-order valence-corrected chi connectivity index (χ2v) is 4.76. The Morgan fingerprint density at radius 1 is 1.00 bits per heavy atom. The van der Waals surface area contributed by atoms with Crippen LogP contribution < -0.4 is 4.74 Å². The molecule has 0 fully saturated rings. The zero-order valence-electron chi connectivity index (χ0n) is 11.7. The third-order valence-corrected chi connectivity index (χ3v) is 3.44. The molecular weight excluding hydrogens is 236 g/mol. The van der Waals surface area contributed by atoms with Crippen molar-refractivity contribution in [1.29, 1.82) is 0 Å². The van der Waals surface area contributed by atoms with Gasteiger partial charge in [0.15, 0.2) is 0 Å². The van der Waals surface area contributed by atoms with Gasteiger partial charge in [-0.3, -0.25) is 0 Å². The summed E-state index contributed by atoms with van der Waals surface area (Å²) in [7, 11) is 0. The second kappa shape index (κ2) is 5.89. The summed E-state index contributed by atoms with van der Waals surface area (Å²) in [5.74, 6) is 1.57. The molecule has 2 heteroatoms. The lowest BCUT2D eigenvalue weighted by molar-refractivity contribution is 0.170. The minimum Gasteiger partial charge on any atom is -0.457 e. The summed E-state index contributed by atoms with van der Waals surface area (Å²) in [6.45, 7) is 6.07. The summed E-state index contributed by atoms with van der Waals surface area (Å²) < 4.78 is 5.98. The van der Waals surface area contributed by atoms with Crippen LogP contribution in [0.25, 0.3) is 0 Å². The highest BCUT2D eigenvalue weighted by Crippen LogP contribution is 2.32. The molecular formula is C17H20O2. The molecule has 0 aliphatic rings. The fourth-order valence-corrected chi connectivity index (χ4v) is 2.02. The molecule has 2 nitrogen and oxygen atoms in total. The van der Waals surface area contributed by atoms with Crippen molar-refractivity contribution in [3.63, 3.8) is 0 Å². The predicted molar refractivity (Wildman–Crippen MR) is 77.7 cm³/mol. The summed E-state index contributed by atoms with van der Waals surface area (Å²) >= 11 is 0. The molecule has 0 aliphatic heterocycles. The van der Waals surface area contributed by atoms with Crippen LogP contribution in [-0.2, 0) is 0 Å². The van der Waals surface area contributed by atoms with Crippen molar-refractivity contribution in [3.05, 3.63) is 59.2 Å². The lowest BCUT2D eigenvalue weighted by atomic mass is 10.1. The number of aliphatic hydroxyl groups is 1. The quantitative estimate of drug-likeness (QED) is 0.870. The van der Waals surface area contributed by atoms with Crippen molar-refractivity contribution in [2.75, 3.05) is 0 Å². The van der Waals surface area contributed by atoms with E-state index in [0.29, 0.717) is 6.42 Å². The smallest absolute Gasteiger partial charge is 0.133 e. The maximum atomic E-state index is 10.0. The molecule has 1 N–H and O–H groups in total. The van der Waals surface area contributed by atoms with Crippen LogP contribution in [-0.4, -0.2) is 5.11 Å². The molecule has 100 valence electrons. The first kappa shape index (κ1) is 13.6. The third kappa shape index (κ3) is 2.96. The van der Waals surface area contributed by atoms with Crippen molar-refractivity contribution in [2.24, 2.45) is 0 Å². The maximum absolute atomic E-state index is 10.0. The number of aliphatic hydroxyl groups excluding tert-OH is 1. The van der Waals surface area contributed by atoms with Gasteiger partial charge in [0, 0.05) is 5.56 Å². The fraction of sp³-hybridized carbons (Fsp3) is 0.294. The molecule has 0 aliphatic carbocycles. The third-order valence-electron chi connectivity index (χ3n) is 3.44. The molecule has 0 radical (unpaired) electrons. The van der Waals surface area contributed by atoms with Crippen LogP contribution in [0, 0.1) is 13.8 Å². The summed E-state index contributed by atoms with van der Waals surface area (Å²) in [6.07, 6.45) is 0.189. The lowest BCUT2D eigenvalue weighted by Gasteiger charge is -2.16. The van der Waals surface area contributed by atoms with Crippen molar-refractivity contribution in [2.45, 2.75) is 33.3 Å². The van der Waals surface area contributed by atoms with Gasteiger partial charge in [0.1, 0.15) is 11.5 Å². The van der Waals surface area contributed by atoms with Gasteiger partial charge >= 0.3 is 0 Å². The van der Waals surface area contributed by atoms with E-state index in [1.165, 1.54) is 5.56 Å². The van der Waals surface area contributed by atoms with Gasteiger partial charge in [0.25, 0.3) is 0 Å². The van der Waals surface area contributed by atoms with Crippen LogP contribution in [0.1, 0.15) is 36.1 Å². The van der Waals surface area contributed by atoms with Gasteiger partial charge in [-0.2, -0.15) is 0 Å². The molecule has 0 saturated carbocycles. The Morgan fingerprint density at radius 3 is 2.42 bits per heavy atom. The minimum absolute atomic E-state index is 0.485. The second-order valence-electron chi connectivity index (χ2n) is 4.76. The van der Waals surface area contributed by atoms with E-state index in [2.05, 4.69) is 13.0 Å². The van der Waals surface area contributed by atoms with Crippen LogP contribution in [0.15, 0.2) is 42.5 Å². The van der Waals surface area contributed by atoms with E-state index in [1.54, 1.807) is 0 Å². The Bertz CT molecular complexity index is 561. The van der Waals surface area contributed by atoms with E-state index in [1.807, 2.05) is 50.2 Å². The maximum Gasteiger partial charge on any atom is 0.133 e. The van der Waals surface area contributed by atoms with E-state index in [9.17, 15) is 5.11 Å². The molecule has 1 atom stereocenters. The molecule has 0 amide bonds. The SMILES string of the molecule is CCC(O)c1ccccc1Oc1cccc(C)c1C. The van der Waals surface area contributed by atoms with E-state index in [-0.39, 0.29) is 0 Å². The zero-order valence-corrected chi connectivity index (χ0v) is 11.7. The molecule has 2 aromatic carbocycles. The highest BCUT2D eigenvalue weighted by atomic mass is 16.5. The largest absolute Gasteiger partial charge is 0.457 e. The van der Waals surface area contributed by atoms with Gasteiger partial charge in [-0.05, 0) is 43.5 Å². The van der Waals surface area contributed by atoms with Crippen LogP contribution >= 0.6 is 0 Å². The van der Waals surface area contributed by atoms with Crippen molar-refractivity contribution >= 4 is 0 Å². The molecule has 0 aromatic heterocycles. The summed E-state index contributed by atoms with van der Waals surface area (Å²) in [4.78, 5) is 0. The number of hydrogen-bond donors (Lipinski definition) is 1. The predicted octanol–water partition coefficient (Wildman–Crippen LogP) is 4.54. The fourth-order valence-electron chi connectivity index (χ4n) is 2.02. The Hall–Kier alpha value is -1.80. The number of ether oxygens (including phenoxy) is 1. The van der Waals surface area contributed by atoms with Gasteiger partial charge in [0.2, 0.25) is 0 Å². The summed E-state index contributed by atoms with van der Waals surface area (Å²) in [6, 6.07) is 13.7. The topological polar surface area (TPSA) is 29.5 Å². The first-order valence-corrected chi connectivity index (χ1v) is 6.64. The van der Waals surface area contributed by atoms with E-state index >= 15 is 0 Å². The van der Waals surface area contributed by atoms with Crippen LogP contribution in [0.2, 0.25) is 0 Å². The Balaban J connectivity index is 2.36. The number of rotatable bonds is 4. The summed E-state index contributed by atoms with van der Waals surface area (Å²) in [5, 5.41) is 10.0. The highest BCUT2D eigenvalue weighted by Gasteiger charge is 2.12. The number of hydrogen-bond acceptors (Lipinski definition) is 2. The van der Waals surface area contributed by atoms with E-state index in [0.717, 1.165) is 22.6 Å². The first-order chi connectivity index (χ1) is 9.13. The van der Waals surface area contributed by atoms with Gasteiger partial charge < -0.3 is 9.84 Å². The molecule has 0 heterocycles. The van der Waals surface area contributed by atoms with Gasteiger partial charge in [-0.15, -0.1) is 0 Å². The van der Waals surface area contributed by atoms with Crippen LogP contribution in [0.5, 0.6) is 11.5 Å². The average molecular weight is 256 g/mol. The standard InChI is InChI=1S/C17H20O2/c1-4-15(18)14-9-5-6-10-17(14)19-16-11-7-8-12(2)13(16)3/h5-11,15,18H,4H2,1-3H3. The molecule has 0 saturated heterocycles. The Kier molecular flexibility index (Phi) is 4.23. The van der Waals surface area contributed by atoms with Gasteiger partial charge in [-0.1, -0.05) is 37.3 Å².